The number of fused-ring (bicyclic) bond motifs is 1. The van der Waals surface area contributed by atoms with E-state index in [1.165, 1.54) is 24.5 Å². The third-order valence-electron chi connectivity index (χ3n) is 6.30. The lowest BCUT2D eigenvalue weighted by Gasteiger charge is -2.35. The molecule has 0 aromatic carbocycles. The van der Waals surface area contributed by atoms with Crippen LogP contribution in [-0.4, -0.2) is 67.3 Å². The molecule has 2 aromatic heterocycles. The average molecular weight is 416 g/mol. The first-order valence-corrected chi connectivity index (χ1v) is 10.7. The molecule has 2 aliphatic rings. The number of imidazole rings is 1. The molecule has 10 heteroatoms. The van der Waals surface area contributed by atoms with Gasteiger partial charge in [0.15, 0.2) is 5.65 Å². The quantitative estimate of drug-likeness (QED) is 0.717. The van der Waals surface area contributed by atoms with Crippen molar-refractivity contribution < 1.29 is 9.59 Å². The van der Waals surface area contributed by atoms with Crippen LogP contribution in [0.5, 0.6) is 0 Å². The summed E-state index contributed by atoms with van der Waals surface area (Å²) in [5, 5.41) is 0. The monoisotopic (exact) mass is 416 g/mol. The molecule has 10 nitrogen and oxygen atoms in total. The van der Waals surface area contributed by atoms with Gasteiger partial charge >= 0.3 is 5.69 Å². The van der Waals surface area contributed by atoms with Crippen molar-refractivity contribution >= 4 is 23.0 Å². The number of piperazine rings is 1. The number of rotatable bonds is 5. The lowest BCUT2D eigenvalue weighted by atomic mass is 10.0. The van der Waals surface area contributed by atoms with Crippen LogP contribution in [-0.2, 0) is 23.1 Å². The fourth-order valence-electron chi connectivity index (χ4n) is 4.45. The van der Waals surface area contributed by atoms with Gasteiger partial charge in [0.1, 0.15) is 11.3 Å². The molecule has 2 aromatic rings. The number of aryl methyl sites for hydroxylation is 2. The van der Waals surface area contributed by atoms with Gasteiger partial charge in [0, 0.05) is 52.5 Å². The van der Waals surface area contributed by atoms with Crippen molar-refractivity contribution in [3.05, 3.63) is 26.7 Å². The largest absolute Gasteiger partial charge is 0.339 e. The minimum Gasteiger partial charge on any atom is -0.339 e. The van der Waals surface area contributed by atoms with Crippen molar-refractivity contribution in [3.63, 3.8) is 0 Å². The molecule has 162 valence electrons. The van der Waals surface area contributed by atoms with Gasteiger partial charge in [-0.05, 0) is 18.8 Å². The van der Waals surface area contributed by atoms with Crippen LogP contribution in [0.4, 0.5) is 0 Å². The number of hydrogen-bond donors (Lipinski definition) is 2. The van der Waals surface area contributed by atoms with Gasteiger partial charge in [0.05, 0.1) is 0 Å². The topological polar surface area (TPSA) is 124 Å². The summed E-state index contributed by atoms with van der Waals surface area (Å²) in [5.41, 5.74) is -0.534. The van der Waals surface area contributed by atoms with Gasteiger partial charge in [-0.1, -0.05) is 12.8 Å². The molecule has 1 aliphatic heterocycles. The van der Waals surface area contributed by atoms with Gasteiger partial charge < -0.3 is 14.8 Å². The highest BCUT2D eigenvalue weighted by molar-refractivity contribution is 5.79. The molecule has 0 bridgehead atoms. The summed E-state index contributed by atoms with van der Waals surface area (Å²) in [4.78, 5) is 61.7. The van der Waals surface area contributed by atoms with Gasteiger partial charge in [-0.25, -0.2) is 9.78 Å². The summed E-state index contributed by atoms with van der Waals surface area (Å²) in [6, 6.07) is 0. The van der Waals surface area contributed by atoms with Crippen LogP contribution in [0.1, 0.15) is 44.3 Å². The summed E-state index contributed by atoms with van der Waals surface area (Å²) < 4.78 is 1.26. The van der Waals surface area contributed by atoms with Gasteiger partial charge in [0.2, 0.25) is 11.8 Å². The Balaban J connectivity index is 1.29. The minimum atomic E-state index is -0.526. The second-order valence-electron chi connectivity index (χ2n) is 8.32. The standard InChI is InChI=1S/C20H28N6O4/c1-24-18-17(19(29)23-20(24)30)21-14(22-18)6-7-15(27)25-8-10-26(11-9-25)16(28)12-13-4-2-3-5-13/h13H,2-12H2,1H3,(H,21,22)(H,23,29,30). The predicted octanol–water partition coefficient (Wildman–Crippen LogP) is 0.134. The number of aromatic nitrogens is 4. The Morgan fingerprint density at radius 2 is 1.63 bits per heavy atom. The lowest BCUT2D eigenvalue weighted by Crippen LogP contribution is -2.50. The van der Waals surface area contributed by atoms with E-state index in [4.69, 9.17) is 0 Å². The van der Waals surface area contributed by atoms with Crippen LogP contribution in [0.15, 0.2) is 9.59 Å². The van der Waals surface area contributed by atoms with Crippen molar-refractivity contribution in [1.29, 1.82) is 0 Å². The summed E-state index contributed by atoms with van der Waals surface area (Å²) in [7, 11) is 1.53. The highest BCUT2D eigenvalue weighted by Gasteiger charge is 2.26. The maximum atomic E-state index is 12.6. The van der Waals surface area contributed by atoms with Crippen molar-refractivity contribution in [2.45, 2.75) is 44.9 Å². The zero-order valence-corrected chi connectivity index (χ0v) is 17.3. The molecule has 1 aliphatic carbocycles. The van der Waals surface area contributed by atoms with Gasteiger partial charge in [-0.3, -0.25) is 23.9 Å². The SMILES string of the molecule is Cn1c(=O)[nH]c(=O)c2[nH]c(CCC(=O)N3CCN(C(=O)CC4CCCC4)CC3)nc21. The van der Waals surface area contributed by atoms with Crippen molar-refractivity contribution in [2.75, 3.05) is 26.2 Å². The van der Waals surface area contributed by atoms with Crippen LogP contribution in [0.3, 0.4) is 0 Å². The average Bonchev–Trinajstić information content (AvgIpc) is 3.40. The Kier molecular flexibility index (Phi) is 5.74. The first-order valence-electron chi connectivity index (χ1n) is 10.7. The zero-order valence-electron chi connectivity index (χ0n) is 17.3. The zero-order chi connectivity index (χ0) is 21.3. The van der Waals surface area contributed by atoms with E-state index >= 15 is 0 Å². The Bertz CT molecular complexity index is 1050. The van der Waals surface area contributed by atoms with Crippen molar-refractivity contribution in [1.82, 2.24) is 29.3 Å². The third-order valence-corrected chi connectivity index (χ3v) is 6.30. The van der Waals surface area contributed by atoms with E-state index in [-0.39, 0.29) is 29.4 Å². The molecule has 4 rings (SSSR count). The van der Waals surface area contributed by atoms with E-state index in [1.54, 1.807) is 4.90 Å². The molecule has 0 atom stereocenters. The predicted molar refractivity (Wildman–Crippen MR) is 110 cm³/mol. The summed E-state index contributed by atoms with van der Waals surface area (Å²) >= 11 is 0. The van der Waals surface area contributed by atoms with Gasteiger partial charge in [-0.2, -0.15) is 0 Å². The molecule has 0 spiro atoms. The Morgan fingerprint density at radius 1 is 1.00 bits per heavy atom. The third kappa shape index (κ3) is 4.17. The fraction of sp³-hybridized carbons (Fsp3) is 0.650. The second-order valence-corrected chi connectivity index (χ2v) is 8.32. The van der Waals surface area contributed by atoms with E-state index < -0.39 is 11.2 Å². The van der Waals surface area contributed by atoms with Crippen molar-refractivity contribution in [2.24, 2.45) is 13.0 Å². The lowest BCUT2D eigenvalue weighted by molar-refractivity contribution is -0.140. The Morgan fingerprint density at radius 3 is 2.30 bits per heavy atom. The number of nitrogens with zero attached hydrogens (tertiary/aromatic N) is 4. The van der Waals surface area contributed by atoms with E-state index in [0.29, 0.717) is 50.8 Å². The smallest absolute Gasteiger partial charge is 0.329 e. The molecule has 3 heterocycles. The molecule has 1 saturated carbocycles. The van der Waals surface area contributed by atoms with Gasteiger partial charge in [-0.15, -0.1) is 0 Å². The number of H-pyrrole nitrogens is 2. The number of carbonyl (C=O) groups is 2. The van der Waals surface area contributed by atoms with Crippen molar-refractivity contribution in [3.8, 4) is 0 Å². The minimum absolute atomic E-state index is 0.00106. The Labute approximate surface area is 173 Å². The summed E-state index contributed by atoms with van der Waals surface area (Å²) in [5.74, 6) is 1.25. The molecule has 0 radical (unpaired) electrons. The maximum absolute atomic E-state index is 12.6. The molecule has 2 N–H and O–H groups in total. The number of carbonyl (C=O) groups excluding carboxylic acids is 2. The first-order chi connectivity index (χ1) is 14.4. The molecule has 1 saturated heterocycles. The van der Waals surface area contributed by atoms with Gasteiger partial charge in [0.25, 0.3) is 5.56 Å². The normalized spacial score (nSPS) is 17.8. The molecule has 0 unspecified atom stereocenters. The molecule has 2 amide bonds. The molecule has 30 heavy (non-hydrogen) atoms. The fourth-order valence-corrected chi connectivity index (χ4v) is 4.45. The van der Waals surface area contributed by atoms with E-state index in [0.717, 1.165) is 12.8 Å². The highest BCUT2D eigenvalue weighted by Crippen LogP contribution is 2.28. The second kappa shape index (κ2) is 8.45. The first kappa shape index (κ1) is 20.4. The van der Waals surface area contributed by atoms with Crippen LogP contribution < -0.4 is 11.2 Å². The van der Waals surface area contributed by atoms with E-state index in [9.17, 15) is 19.2 Å². The summed E-state index contributed by atoms with van der Waals surface area (Å²) in [6.07, 6.45) is 6.02. The molecular formula is C20H28N6O4. The van der Waals surface area contributed by atoms with Crippen LogP contribution in [0.2, 0.25) is 0 Å². The van der Waals surface area contributed by atoms with E-state index in [2.05, 4.69) is 15.0 Å². The molecule has 2 fully saturated rings. The van der Waals surface area contributed by atoms with Crippen LogP contribution in [0, 0.1) is 5.92 Å². The number of nitrogens with one attached hydrogen (secondary N) is 2. The number of aromatic amines is 2. The number of amides is 2. The molecular weight excluding hydrogens is 388 g/mol. The Hall–Kier alpha value is -2.91. The van der Waals surface area contributed by atoms with Crippen LogP contribution >= 0.6 is 0 Å². The number of hydrogen-bond acceptors (Lipinski definition) is 5. The van der Waals surface area contributed by atoms with Crippen LogP contribution in [0.25, 0.3) is 11.2 Å². The summed E-state index contributed by atoms with van der Waals surface area (Å²) in [6.45, 7) is 2.26. The van der Waals surface area contributed by atoms with E-state index in [1.807, 2.05) is 4.90 Å². The maximum Gasteiger partial charge on any atom is 0.329 e. The highest BCUT2D eigenvalue weighted by atomic mass is 16.2.